The van der Waals surface area contributed by atoms with Crippen LogP contribution in [0.1, 0.15) is 31.0 Å². The van der Waals surface area contributed by atoms with Gasteiger partial charge in [0, 0.05) is 23.6 Å². The molecule has 2 heterocycles. The van der Waals surface area contributed by atoms with E-state index in [2.05, 4.69) is 5.10 Å². The van der Waals surface area contributed by atoms with Gasteiger partial charge in [0.25, 0.3) is 0 Å². The maximum atomic E-state index is 13.7. The van der Waals surface area contributed by atoms with Crippen LogP contribution in [0.2, 0.25) is 0 Å². The van der Waals surface area contributed by atoms with Crippen LogP contribution in [0.3, 0.4) is 0 Å². The molecule has 35 heavy (non-hydrogen) atoms. The highest BCUT2D eigenvalue weighted by Crippen LogP contribution is 2.36. The summed E-state index contributed by atoms with van der Waals surface area (Å²) < 4.78 is 40.3. The van der Waals surface area contributed by atoms with Crippen LogP contribution < -0.4 is 4.74 Å². The van der Waals surface area contributed by atoms with Crippen LogP contribution in [0.15, 0.2) is 48.5 Å². The van der Waals surface area contributed by atoms with E-state index in [-0.39, 0.29) is 24.2 Å². The maximum Gasteiger partial charge on any atom is 0.239 e. The summed E-state index contributed by atoms with van der Waals surface area (Å²) in [4.78, 5) is 0. The lowest BCUT2D eigenvalue weighted by atomic mass is 9.99. The summed E-state index contributed by atoms with van der Waals surface area (Å²) in [5.41, 5.74) is 2.60. The van der Waals surface area contributed by atoms with E-state index in [0.717, 1.165) is 5.56 Å². The van der Waals surface area contributed by atoms with Gasteiger partial charge in [0.2, 0.25) is 12.2 Å². The summed E-state index contributed by atoms with van der Waals surface area (Å²) in [5.74, 6) is -0.711. The Bertz CT molecular complexity index is 1130. The number of ether oxygens (including phenoxy) is 2. The van der Waals surface area contributed by atoms with Gasteiger partial charge in [0.05, 0.1) is 12.3 Å². The van der Waals surface area contributed by atoms with Crippen LogP contribution in [0.4, 0.5) is 8.78 Å². The van der Waals surface area contributed by atoms with Gasteiger partial charge in [-0.05, 0) is 55.8 Å². The monoisotopic (exact) mass is 490 g/mol. The molecule has 2 aromatic carbocycles. The van der Waals surface area contributed by atoms with E-state index in [9.17, 15) is 29.2 Å². The summed E-state index contributed by atoms with van der Waals surface area (Å²) in [6.45, 7) is 3.20. The van der Waals surface area contributed by atoms with Crippen molar-refractivity contribution in [1.29, 1.82) is 0 Å². The molecule has 3 aromatic rings. The molecule has 0 saturated carbocycles. The number of nitrogens with zero attached hydrogens (tertiary/aromatic N) is 2. The number of rotatable bonds is 7. The third-order valence-electron chi connectivity index (χ3n) is 5.95. The molecule has 0 radical (unpaired) electrons. The molecule has 188 valence electrons. The van der Waals surface area contributed by atoms with Gasteiger partial charge in [-0.15, -0.1) is 5.10 Å². The van der Waals surface area contributed by atoms with E-state index in [1.54, 1.807) is 28.9 Å². The molecule has 0 unspecified atom stereocenters. The lowest BCUT2D eigenvalue weighted by molar-refractivity contribution is -0.278. The number of halogens is 2. The molecular weight excluding hydrogens is 462 g/mol. The second-order valence-corrected chi connectivity index (χ2v) is 8.80. The highest BCUT2D eigenvalue weighted by atomic mass is 19.1. The first kappa shape index (κ1) is 25.2. The van der Waals surface area contributed by atoms with Crippen LogP contribution in [0.5, 0.6) is 5.88 Å². The molecule has 4 rings (SSSR count). The second kappa shape index (κ2) is 10.4. The van der Waals surface area contributed by atoms with Crippen molar-refractivity contribution in [2.75, 3.05) is 6.61 Å². The standard InChI is InChI=1S/C25H28F2N2O6/c1-13(2)29-20(15-5-9-17(27)10-6-15)18(11-14-3-7-16(26)8-4-14)24(28-29)35-25-23(33)22(32)21(31)19(12-30)34-25/h3-10,13,19,21-23,25,30-33H,11-12H2,1-2H3/t19-,21-,22+,23-,25+/m1/s1. The van der Waals surface area contributed by atoms with Gasteiger partial charge in [0.15, 0.2) is 0 Å². The number of hydrogen-bond acceptors (Lipinski definition) is 7. The molecular formula is C25H28F2N2O6. The van der Waals surface area contributed by atoms with Crippen LogP contribution in [0.25, 0.3) is 11.3 Å². The number of aliphatic hydroxyl groups is 4. The van der Waals surface area contributed by atoms with Crippen LogP contribution in [-0.2, 0) is 11.2 Å². The minimum atomic E-state index is -1.62. The smallest absolute Gasteiger partial charge is 0.239 e. The largest absolute Gasteiger partial charge is 0.443 e. The summed E-state index contributed by atoms with van der Waals surface area (Å²) >= 11 is 0. The van der Waals surface area contributed by atoms with E-state index >= 15 is 0 Å². The fraction of sp³-hybridized carbons (Fsp3) is 0.400. The SMILES string of the molecule is CC(C)n1nc(O[C@@H]2O[C@H](CO)[C@@H](O)[C@H](O)[C@H]2O)c(Cc2ccc(F)cc2)c1-c1ccc(F)cc1. The van der Waals surface area contributed by atoms with Crippen molar-refractivity contribution < 1.29 is 38.7 Å². The first-order valence-electron chi connectivity index (χ1n) is 11.3. The minimum absolute atomic E-state index is 0.0756. The van der Waals surface area contributed by atoms with E-state index in [4.69, 9.17) is 9.47 Å². The Morgan fingerprint density at radius 1 is 0.943 bits per heavy atom. The van der Waals surface area contributed by atoms with Crippen LogP contribution in [-0.4, -0.2) is 67.5 Å². The van der Waals surface area contributed by atoms with Gasteiger partial charge >= 0.3 is 0 Å². The van der Waals surface area contributed by atoms with Gasteiger partial charge < -0.3 is 29.9 Å². The van der Waals surface area contributed by atoms with Crippen molar-refractivity contribution in [3.8, 4) is 17.1 Å². The van der Waals surface area contributed by atoms with Crippen molar-refractivity contribution in [1.82, 2.24) is 9.78 Å². The van der Waals surface area contributed by atoms with E-state index in [1.807, 2.05) is 13.8 Å². The predicted octanol–water partition coefficient (Wildman–Crippen LogP) is 2.18. The number of aliphatic hydroxyl groups excluding tert-OH is 4. The van der Waals surface area contributed by atoms with E-state index in [0.29, 0.717) is 16.8 Å². The molecule has 1 saturated heterocycles. The Hall–Kier alpha value is -2.89. The molecule has 4 N–H and O–H groups in total. The minimum Gasteiger partial charge on any atom is -0.443 e. The molecule has 1 aliphatic heterocycles. The molecule has 8 nitrogen and oxygen atoms in total. The molecule has 0 amide bonds. The third-order valence-corrected chi connectivity index (χ3v) is 5.95. The fourth-order valence-electron chi connectivity index (χ4n) is 4.07. The lowest BCUT2D eigenvalue weighted by Crippen LogP contribution is -2.60. The lowest BCUT2D eigenvalue weighted by Gasteiger charge is -2.39. The van der Waals surface area contributed by atoms with Gasteiger partial charge in [-0.3, -0.25) is 4.68 Å². The van der Waals surface area contributed by atoms with E-state index < -0.39 is 43.1 Å². The first-order chi connectivity index (χ1) is 16.7. The Kier molecular flexibility index (Phi) is 7.48. The Labute approximate surface area is 201 Å². The molecule has 10 heteroatoms. The van der Waals surface area contributed by atoms with Crippen molar-refractivity contribution in [3.63, 3.8) is 0 Å². The molecule has 0 aliphatic carbocycles. The zero-order valence-corrected chi connectivity index (χ0v) is 19.3. The first-order valence-corrected chi connectivity index (χ1v) is 11.3. The molecule has 0 spiro atoms. The van der Waals surface area contributed by atoms with Crippen LogP contribution in [0, 0.1) is 11.6 Å². The van der Waals surface area contributed by atoms with E-state index in [1.165, 1.54) is 24.3 Å². The molecule has 1 fully saturated rings. The zero-order valence-electron chi connectivity index (χ0n) is 19.3. The third kappa shape index (κ3) is 5.21. The summed E-state index contributed by atoms with van der Waals surface area (Å²) in [6, 6.07) is 11.6. The molecule has 5 atom stereocenters. The number of aromatic nitrogens is 2. The quantitative estimate of drug-likeness (QED) is 0.401. The van der Waals surface area contributed by atoms with Crippen molar-refractivity contribution >= 4 is 0 Å². The molecule has 0 bridgehead atoms. The maximum absolute atomic E-state index is 13.7. The fourth-order valence-corrected chi connectivity index (χ4v) is 4.07. The average molecular weight is 491 g/mol. The summed E-state index contributed by atoms with van der Waals surface area (Å²) in [6.07, 6.45) is -7.10. The Balaban J connectivity index is 1.80. The zero-order chi connectivity index (χ0) is 25.3. The van der Waals surface area contributed by atoms with Gasteiger partial charge in [0.1, 0.15) is 36.1 Å². The van der Waals surface area contributed by atoms with Crippen molar-refractivity contribution in [3.05, 3.63) is 71.3 Å². The molecule has 1 aromatic heterocycles. The topological polar surface area (TPSA) is 117 Å². The molecule has 1 aliphatic rings. The average Bonchev–Trinajstić information content (AvgIpc) is 3.19. The van der Waals surface area contributed by atoms with Crippen molar-refractivity contribution in [2.45, 2.75) is 57.0 Å². The second-order valence-electron chi connectivity index (χ2n) is 8.80. The number of hydrogen-bond donors (Lipinski definition) is 4. The highest BCUT2D eigenvalue weighted by Gasteiger charge is 2.45. The Morgan fingerprint density at radius 2 is 1.54 bits per heavy atom. The normalized spacial score (nSPS) is 24.7. The summed E-state index contributed by atoms with van der Waals surface area (Å²) in [5, 5.41) is 44.8. The van der Waals surface area contributed by atoms with Gasteiger partial charge in [-0.1, -0.05) is 12.1 Å². The Morgan fingerprint density at radius 3 is 2.11 bits per heavy atom. The van der Waals surface area contributed by atoms with Gasteiger partial charge in [-0.2, -0.15) is 0 Å². The highest BCUT2D eigenvalue weighted by molar-refractivity contribution is 5.67. The van der Waals surface area contributed by atoms with Crippen LogP contribution >= 0.6 is 0 Å². The van der Waals surface area contributed by atoms with Gasteiger partial charge in [-0.25, -0.2) is 8.78 Å². The summed E-state index contributed by atoms with van der Waals surface area (Å²) in [7, 11) is 0. The van der Waals surface area contributed by atoms with Crippen molar-refractivity contribution in [2.24, 2.45) is 0 Å². The predicted molar refractivity (Wildman–Crippen MR) is 122 cm³/mol. The number of benzene rings is 2.